The maximum Gasteiger partial charge on any atom is 0.240 e. The first-order valence-electron chi connectivity index (χ1n) is 8.77. The second-order valence-corrected chi connectivity index (χ2v) is 6.84. The van der Waals surface area contributed by atoms with Gasteiger partial charge in [0.1, 0.15) is 0 Å². The van der Waals surface area contributed by atoms with Gasteiger partial charge < -0.3 is 4.74 Å². The Morgan fingerprint density at radius 1 is 0.840 bits per heavy atom. The Morgan fingerprint density at radius 2 is 1.60 bits per heavy atom. The van der Waals surface area contributed by atoms with Crippen molar-refractivity contribution in [3.8, 4) is 0 Å². The third-order valence-corrected chi connectivity index (χ3v) is 5.67. The average Bonchev–Trinajstić information content (AvgIpc) is 3.14. The molecule has 0 radical (unpaired) electrons. The van der Waals surface area contributed by atoms with Gasteiger partial charge in [-0.15, -0.1) is 0 Å². The van der Waals surface area contributed by atoms with E-state index in [1.165, 1.54) is 5.56 Å². The summed E-state index contributed by atoms with van der Waals surface area (Å²) in [5.41, 5.74) is 2.81. The average molecular weight is 340 g/mol. The third-order valence-electron chi connectivity index (χ3n) is 5.67. The third kappa shape index (κ3) is 2.14. The predicted octanol–water partition coefficient (Wildman–Crippen LogP) is 4.25. The molecule has 5 rings (SSSR count). The molecular weight excluding hydrogens is 320 g/mol. The summed E-state index contributed by atoms with van der Waals surface area (Å²) in [6.45, 7) is -0.104. The number of benzene rings is 2. The molecule has 2 atom stereocenters. The molecule has 2 aliphatic heterocycles. The van der Waals surface area contributed by atoms with Crippen molar-refractivity contribution in [3.05, 3.63) is 71.3 Å². The molecule has 2 aromatic carbocycles. The molecule has 2 bridgehead atoms. The fourth-order valence-electron chi connectivity index (χ4n) is 4.66. The van der Waals surface area contributed by atoms with Crippen LogP contribution in [0.25, 0.3) is 0 Å². The molecule has 2 aromatic rings. The first-order chi connectivity index (χ1) is 12.4. The molecule has 2 unspecified atom stereocenters. The van der Waals surface area contributed by atoms with Gasteiger partial charge in [0, 0.05) is 11.1 Å². The number of fused-ring (bicyclic) bond motifs is 6. The van der Waals surface area contributed by atoms with Crippen molar-refractivity contribution in [2.24, 2.45) is 0 Å². The lowest BCUT2D eigenvalue weighted by Crippen LogP contribution is -2.56. The number of ether oxygens (including phenoxy) is 1. The first kappa shape index (κ1) is 15.5. The zero-order valence-corrected chi connectivity index (χ0v) is 13.9. The topological polar surface area (TPSA) is 46.2 Å². The van der Waals surface area contributed by atoms with Gasteiger partial charge in [0.05, 0.1) is 5.41 Å². The van der Waals surface area contributed by atoms with Gasteiger partial charge in [0.15, 0.2) is 0 Å². The number of hydrogen-bond donors (Lipinski definition) is 0. The van der Waals surface area contributed by atoms with E-state index in [2.05, 4.69) is 12.1 Å². The second kappa shape index (κ2) is 5.90. The van der Waals surface area contributed by atoms with Crippen LogP contribution in [0.1, 0.15) is 48.7 Å². The van der Waals surface area contributed by atoms with E-state index in [9.17, 15) is 0 Å². The summed E-state index contributed by atoms with van der Waals surface area (Å²) in [6.07, 6.45) is 3.52. The fraction of sp³-hybridized carbons (Fsp3) is 0.400. The summed E-state index contributed by atoms with van der Waals surface area (Å²) >= 11 is 0. The molecule has 3 aliphatic rings. The van der Waals surface area contributed by atoms with Crippen LogP contribution in [0, 0.1) is 0 Å². The molecule has 5 heteroatoms. The van der Waals surface area contributed by atoms with Crippen molar-refractivity contribution in [3.63, 3.8) is 0 Å². The van der Waals surface area contributed by atoms with Crippen LogP contribution < -0.4 is 0 Å². The summed E-state index contributed by atoms with van der Waals surface area (Å²) in [4.78, 5) is 21.9. The Morgan fingerprint density at radius 3 is 2.44 bits per heavy atom. The van der Waals surface area contributed by atoms with Gasteiger partial charge in [0.2, 0.25) is 18.9 Å². The lowest BCUT2D eigenvalue weighted by atomic mass is 9.66. The van der Waals surface area contributed by atoms with Crippen LogP contribution >= 0.6 is 0 Å². The van der Waals surface area contributed by atoms with Gasteiger partial charge in [-0.3, -0.25) is 0 Å². The molecule has 2 heterocycles. The highest BCUT2D eigenvalue weighted by atomic mass is 17.3. The number of rotatable bonds is 1. The summed E-state index contributed by atoms with van der Waals surface area (Å²) in [7, 11) is 0. The van der Waals surface area contributed by atoms with Crippen molar-refractivity contribution in [2.45, 2.75) is 43.2 Å². The predicted molar refractivity (Wildman–Crippen MR) is 87.7 cm³/mol. The summed E-state index contributed by atoms with van der Waals surface area (Å²) in [5, 5.41) is 0. The van der Waals surface area contributed by atoms with Gasteiger partial charge in [-0.1, -0.05) is 67.4 Å². The largest absolute Gasteiger partial charge is 0.306 e. The molecule has 1 aliphatic carbocycles. The highest BCUT2D eigenvalue weighted by molar-refractivity contribution is 5.44. The molecule has 0 amide bonds. The van der Waals surface area contributed by atoms with Gasteiger partial charge in [-0.25, -0.2) is 9.78 Å². The van der Waals surface area contributed by atoms with Crippen LogP contribution in [-0.2, 0) is 35.5 Å². The first-order valence-corrected chi connectivity index (χ1v) is 8.77. The molecule has 25 heavy (non-hydrogen) atoms. The molecule has 1 spiro atoms. The molecule has 5 nitrogen and oxygen atoms in total. The second-order valence-electron chi connectivity index (χ2n) is 6.84. The van der Waals surface area contributed by atoms with E-state index in [-0.39, 0.29) is 12.2 Å². The molecule has 1 saturated heterocycles. The van der Waals surface area contributed by atoms with Gasteiger partial charge in [-0.05, 0) is 18.4 Å². The van der Waals surface area contributed by atoms with Crippen molar-refractivity contribution in [2.75, 3.05) is 6.79 Å². The summed E-state index contributed by atoms with van der Waals surface area (Å²) in [6, 6.07) is 18.3. The Balaban J connectivity index is 1.79. The lowest BCUT2D eigenvalue weighted by Gasteiger charge is -2.52. The molecule has 0 aromatic heterocycles. The Hall–Kier alpha value is -1.76. The molecule has 1 saturated carbocycles. The normalized spacial score (nSPS) is 30.5. The molecule has 2 fully saturated rings. The molecule has 0 N–H and O–H groups in total. The van der Waals surface area contributed by atoms with Crippen LogP contribution in [0.3, 0.4) is 0 Å². The van der Waals surface area contributed by atoms with Crippen molar-refractivity contribution in [1.29, 1.82) is 0 Å². The van der Waals surface area contributed by atoms with Crippen molar-refractivity contribution >= 4 is 0 Å². The molecular formula is C20H20O5. The van der Waals surface area contributed by atoms with Crippen molar-refractivity contribution in [1.82, 2.24) is 0 Å². The minimum Gasteiger partial charge on any atom is -0.306 e. The Kier molecular flexibility index (Phi) is 3.66. The van der Waals surface area contributed by atoms with Crippen molar-refractivity contribution < 1.29 is 24.3 Å². The van der Waals surface area contributed by atoms with Crippen LogP contribution in [0.5, 0.6) is 0 Å². The van der Waals surface area contributed by atoms with Gasteiger partial charge in [0.25, 0.3) is 0 Å². The quantitative estimate of drug-likeness (QED) is 0.726. The molecule has 130 valence electrons. The highest BCUT2D eigenvalue weighted by Crippen LogP contribution is 2.61. The summed E-state index contributed by atoms with van der Waals surface area (Å²) < 4.78 is 6.47. The van der Waals surface area contributed by atoms with E-state index in [0.29, 0.717) is 0 Å². The van der Waals surface area contributed by atoms with E-state index in [4.69, 9.17) is 24.3 Å². The van der Waals surface area contributed by atoms with E-state index in [0.717, 1.165) is 36.8 Å². The smallest absolute Gasteiger partial charge is 0.240 e. The van der Waals surface area contributed by atoms with Crippen LogP contribution in [0.4, 0.5) is 0 Å². The van der Waals surface area contributed by atoms with E-state index in [1.807, 2.05) is 42.5 Å². The van der Waals surface area contributed by atoms with Gasteiger partial charge in [-0.2, -0.15) is 9.78 Å². The van der Waals surface area contributed by atoms with Gasteiger partial charge >= 0.3 is 0 Å². The van der Waals surface area contributed by atoms with Crippen LogP contribution in [0.2, 0.25) is 0 Å². The highest BCUT2D eigenvalue weighted by Gasteiger charge is 2.63. The maximum atomic E-state index is 6.47. The summed E-state index contributed by atoms with van der Waals surface area (Å²) in [5.74, 6) is -1.06. The van der Waals surface area contributed by atoms with Crippen LogP contribution in [0.15, 0.2) is 54.6 Å². The Bertz CT molecular complexity index is 756. The SMILES string of the molecule is c1ccc(C23OOCOOC(O2)c2ccccc2C32CCCC2)cc1. The fourth-order valence-corrected chi connectivity index (χ4v) is 4.66. The minimum atomic E-state index is -1.06. The monoisotopic (exact) mass is 340 g/mol. The Labute approximate surface area is 146 Å². The zero-order valence-electron chi connectivity index (χ0n) is 13.9. The number of hydrogen-bond acceptors (Lipinski definition) is 5. The van der Waals surface area contributed by atoms with E-state index >= 15 is 0 Å². The lowest BCUT2D eigenvalue weighted by molar-refractivity contribution is -0.574. The zero-order chi connectivity index (χ0) is 16.7. The maximum absolute atomic E-state index is 6.47. The van der Waals surface area contributed by atoms with E-state index in [1.54, 1.807) is 0 Å². The van der Waals surface area contributed by atoms with Crippen LogP contribution in [-0.4, -0.2) is 6.79 Å². The minimum absolute atomic E-state index is 0.104. The van der Waals surface area contributed by atoms with E-state index < -0.39 is 12.1 Å². The standard InChI is InChI=1S/C20H20O5/c1-2-8-15(9-3-1)20-19(12-6-7-13-19)17-11-5-4-10-16(17)18(23-20)24-21-14-22-25-20/h1-5,8-11,18H,6-7,12-14H2.